The molecule has 1 heterocycles. The summed E-state index contributed by atoms with van der Waals surface area (Å²) < 4.78 is 17.3. The van der Waals surface area contributed by atoms with Crippen molar-refractivity contribution in [3.63, 3.8) is 0 Å². The Morgan fingerprint density at radius 1 is 1.08 bits per heavy atom. The van der Waals surface area contributed by atoms with Gasteiger partial charge in [0.1, 0.15) is 18.5 Å². The van der Waals surface area contributed by atoms with Crippen molar-refractivity contribution in [2.24, 2.45) is 0 Å². The Morgan fingerprint density at radius 3 is 2.85 bits per heavy atom. The van der Waals surface area contributed by atoms with Gasteiger partial charge >= 0.3 is 0 Å². The lowest BCUT2D eigenvalue weighted by Crippen LogP contribution is -2.42. The minimum atomic E-state index is -0.196. The first kappa shape index (κ1) is 16.8. The molecule has 1 aliphatic heterocycles. The first-order valence-corrected chi connectivity index (χ1v) is 9.18. The van der Waals surface area contributed by atoms with E-state index in [0.29, 0.717) is 18.9 Å². The first-order chi connectivity index (χ1) is 12.8. The quantitative estimate of drug-likeness (QED) is 0.898. The number of amides is 1. The van der Waals surface area contributed by atoms with Crippen molar-refractivity contribution in [2.75, 3.05) is 19.8 Å². The average Bonchev–Trinajstić information content (AvgIpc) is 2.70. The van der Waals surface area contributed by atoms with E-state index in [4.69, 9.17) is 14.2 Å². The highest BCUT2D eigenvalue weighted by molar-refractivity contribution is 5.77. The lowest BCUT2D eigenvalue weighted by atomic mass is 9.91. The summed E-state index contributed by atoms with van der Waals surface area (Å²) in [5, 5.41) is 2.86. The van der Waals surface area contributed by atoms with Gasteiger partial charge in [-0.15, -0.1) is 0 Å². The number of carbonyl (C=O) groups is 1. The van der Waals surface area contributed by atoms with Crippen LogP contribution in [0.1, 0.15) is 24.0 Å². The number of para-hydroxylation sites is 2. The number of nitrogens with one attached hydrogen (secondary N) is 1. The molecule has 0 aromatic heterocycles. The van der Waals surface area contributed by atoms with Crippen LogP contribution in [0.4, 0.5) is 0 Å². The van der Waals surface area contributed by atoms with Crippen LogP contribution < -0.4 is 19.5 Å². The molecule has 0 unspecified atom stereocenters. The number of hydrogen-bond acceptors (Lipinski definition) is 4. The maximum atomic E-state index is 12.1. The summed E-state index contributed by atoms with van der Waals surface area (Å²) in [7, 11) is 0. The van der Waals surface area contributed by atoms with E-state index in [0.717, 1.165) is 24.3 Å². The van der Waals surface area contributed by atoms with Crippen LogP contribution in [-0.4, -0.2) is 31.8 Å². The second-order valence-corrected chi connectivity index (χ2v) is 6.69. The molecule has 4 rings (SSSR count). The number of ether oxygens (including phenoxy) is 3. The van der Waals surface area contributed by atoms with Crippen LogP contribution in [-0.2, 0) is 17.6 Å². The molecular formula is C21H23NO4. The van der Waals surface area contributed by atoms with Crippen molar-refractivity contribution in [3.05, 3.63) is 53.6 Å². The number of benzene rings is 2. The molecule has 2 aromatic rings. The first-order valence-electron chi connectivity index (χ1n) is 9.18. The van der Waals surface area contributed by atoms with Crippen LogP contribution in [0.15, 0.2) is 42.5 Å². The molecule has 1 N–H and O–H groups in total. The Kier molecular flexibility index (Phi) is 4.95. The van der Waals surface area contributed by atoms with Gasteiger partial charge in [-0.3, -0.25) is 4.79 Å². The maximum absolute atomic E-state index is 12.1. The molecule has 136 valence electrons. The SMILES string of the molecule is O=C(COc1cccc2c1CCCC2)NC[C@H]1COc2ccccc2O1. The van der Waals surface area contributed by atoms with Crippen LogP contribution in [0.5, 0.6) is 17.2 Å². The Hall–Kier alpha value is -2.69. The van der Waals surface area contributed by atoms with E-state index in [1.54, 1.807) is 0 Å². The van der Waals surface area contributed by atoms with Gasteiger partial charge in [0.25, 0.3) is 5.91 Å². The predicted molar refractivity (Wildman–Crippen MR) is 97.9 cm³/mol. The summed E-state index contributed by atoms with van der Waals surface area (Å²) in [6.07, 6.45) is 4.33. The fourth-order valence-corrected chi connectivity index (χ4v) is 3.47. The van der Waals surface area contributed by atoms with Crippen molar-refractivity contribution >= 4 is 5.91 Å². The van der Waals surface area contributed by atoms with E-state index >= 15 is 0 Å². The highest BCUT2D eigenvalue weighted by atomic mass is 16.6. The van der Waals surface area contributed by atoms with E-state index in [9.17, 15) is 4.79 Å². The molecule has 0 saturated carbocycles. The van der Waals surface area contributed by atoms with Gasteiger partial charge in [-0.2, -0.15) is 0 Å². The number of aryl methyl sites for hydroxylation is 1. The number of carbonyl (C=O) groups excluding carboxylic acids is 1. The summed E-state index contributed by atoms with van der Waals surface area (Å²) in [5.74, 6) is 2.14. The molecule has 0 spiro atoms. The van der Waals surface area contributed by atoms with E-state index in [2.05, 4.69) is 11.4 Å². The van der Waals surface area contributed by atoms with Gasteiger partial charge in [0.05, 0.1) is 6.54 Å². The molecule has 1 aliphatic carbocycles. The second kappa shape index (κ2) is 7.68. The zero-order valence-electron chi connectivity index (χ0n) is 14.7. The average molecular weight is 353 g/mol. The van der Waals surface area contributed by atoms with Gasteiger partial charge in [0.2, 0.25) is 0 Å². The minimum absolute atomic E-state index is 0.0145. The fraction of sp³-hybridized carbons (Fsp3) is 0.381. The molecule has 5 heteroatoms. The molecule has 1 amide bonds. The highest BCUT2D eigenvalue weighted by Gasteiger charge is 2.21. The van der Waals surface area contributed by atoms with Gasteiger partial charge in [-0.1, -0.05) is 24.3 Å². The smallest absolute Gasteiger partial charge is 0.258 e. The van der Waals surface area contributed by atoms with Gasteiger partial charge in [-0.25, -0.2) is 0 Å². The number of fused-ring (bicyclic) bond motifs is 2. The standard InChI is InChI=1S/C21H23NO4/c23-21(14-25-18-11-5-7-15-6-1-2-8-17(15)18)22-12-16-13-24-19-9-3-4-10-20(19)26-16/h3-5,7,9-11,16H,1-2,6,8,12-14H2,(H,22,23)/t16-/m0/s1. The van der Waals surface area contributed by atoms with E-state index < -0.39 is 0 Å². The van der Waals surface area contributed by atoms with Crippen molar-refractivity contribution in [1.29, 1.82) is 0 Å². The number of hydrogen-bond donors (Lipinski definition) is 1. The highest BCUT2D eigenvalue weighted by Crippen LogP contribution is 2.31. The van der Waals surface area contributed by atoms with Gasteiger partial charge in [0.15, 0.2) is 18.1 Å². The fourth-order valence-electron chi connectivity index (χ4n) is 3.47. The topological polar surface area (TPSA) is 56.8 Å². The Labute approximate surface area is 153 Å². The van der Waals surface area contributed by atoms with Crippen LogP contribution in [0, 0.1) is 0 Å². The van der Waals surface area contributed by atoms with Crippen LogP contribution in [0.25, 0.3) is 0 Å². The molecule has 0 radical (unpaired) electrons. The summed E-state index contributed by atoms with van der Waals surface area (Å²) >= 11 is 0. The zero-order valence-corrected chi connectivity index (χ0v) is 14.7. The lowest BCUT2D eigenvalue weighted by Gasteiger charge is -2.26. The molecule has 1 atom stereocenters. The zero-order chi connectivity index (χ0) is 17.8. The predicted octanol–water partition coefficient (Wildman–Crippen LogP) is 2.90. The molecule has 26 heavy (non-hydrogen) atoms. The molecule has 2 aliphatic rings. The molecule has 0 fully saturated rings. The van der Waals surface area contributed by atoms with Crippen molar-refractivity contribution < 1.29 is 19.0 Å². The minimum Gasteiger partial charge on any atom is -0.486 e. The Morgan fingerprint density at radius 2 is 1.92 bits per heavy atom. The van der Waals surface area contributed by atoms with Crippen LogP contribution in [0.3, 0.4) is 0 Å². The van der Waals surface area contributed by atoms with Crippen LogP contribution in [0.2, 0.25) is 0 Å². The monoisotopic (exact) mass is 353 g/mol. The van der Waals surface area contributed by atoms with Crippen LogP contribution >= 0.6 is 0 Å². The van der Waals surface area contributed by atoms with E-state index in [1.165, 1.54) is 24.0 Å². The molecule has 0 saturated heterocycles. The third-order valence-electron chi connectivity index (χ3n) is 4.81. The lowest BCUT2D eigenvalue weighted by molar-refractivity contribution is -0.123. The van der Waals surface area contributed by atoms with E-state index in [-0.39, 0.29) is 18.6 Å². The van der Waals surface area contributed by atoms with Crippen molar-refractivity contribution in [3.8, 4) is 17.2 Å². The second-order valence-electron chi connectivity index (χ2n) is 6.69. The molecule has 2 aromatic carbocycles. The van der Waals surface area contributed by atoms with Crippen molar-refractivity contribution in [1.82, 2.24) is 5.32 Å². The maximum Gasteiger partial charge on any atom is 0.258 e. The van der Waals surface area contributed by atoms with Gasteiger partial charge in [0, 0.05) is 0 Å². The summed E-state index contributed by atoms with van der Waals surface area (Å²) in [4.78, 5) is 12.1. The Bertz CT molecular complexity index is 789. The van der Waals surface area contributed by atoms with Gasteiger partial charge < -0.3 is 19.5 Å². The van der Waals surface area contributed by atoms with E-state index in [1.807, 2.05) is 36.4 Å². The molecule has 0 bridgehead atoms. The largest absolute Gasteiger partial charge is 0.486 e. The van der Waals surface area contributed by atoms with Crippen molar-refractivity contribution in [2.45, 2.75) is 31.8 Å². The molecular weight excluding hydrogens is 330 g/mol. The summed E-state index contributed by atoms with van der Waals surface area (Å²) in [6, 6.07) is 13.7. The summed E-state index contributed by atoms with van der Waals surface area (Å²) in [6.45, 7) is 0.828. The Balaban J connectivity index is 1.27. The van der Waals surface area contributed by atoms with Gasteiger partial charge in [-0.05, 0) is 55.0 Å². The summed E-state index contributed by atoms with van der Waals surface area (Å²) in [5.41, 5.74) is 2.60. The molecule has 5 nitrogen and oxygen atoms in total. The third-order valence-corrected chi connectivity index (χ3v) is 4.81. The number of rotatable bonds is 5. The third kappa shape index (κ3) is 3.77. The normalized spacial score (nSPS) is 17.9.